The Morgan fingerprint density at radius 2 is 1.59 bits per heavy atom. The maximum Gasteiger partial charge on any atom is 0.278 e. The molecule has 0 unspecified atom stereocenters. The number of nitrogens with zero attached hydrogens (tertiary/aromatic N) is 1. The van der Waals surface area contributed by atoms with Gasteiger partial charge in [0.15, 0.2) is 0 Å². The van der Waals surface area contributed by atoms with Gasteiger partial charge in [-0.1, -0.05) is 44.2 Å². The molecular weight excluding hydrogens is 364 g/mol. The number of nitrogens with one attached hydrogen (secondary N) is 1. The van der Waals surface area contributed by atoms with Crippen LogP contribution in [0.15, 0.2) is 54.2 Å². The molecular formula is C24H28N2O3. The molecule has 0 saturated carbocycles. The number of benzene rings is 2. The van der Waals surface area contributed by atoms with E-state index in [4.69, 9.17) is 4.74 Å². The number of rotatable bonds is 7. The molecule has 0 spiro atoms. The van der Waals surface area contributed by atoms with E-state index in [-0.39, 0.29) is 17.9 Å². The zero-order chi connectivity index (χ0) is 21.1. The first kappa shape index (κ1) is 20.6. The van der Waals surface area contributed by atoms with Gasteiger partial charge >= 0.3 is 0 Å². The number of ether oxygens (including phenoxy) is 1. The Labute approximate surface area is 172 Å². The number of hydrogen-bond acceptors (Lipinski definition) is 4. The van der Waals surface area contributed by atoms with Crippen molar-refractivity contribution in [3.63, 3.8) is 0 Å². The normalized spacial score (nSPS) is 14.4. The summed E-state index contributed by atoms with van der Waals surface area (Å²) < 4.78 is 5.74. The standard InChI is InChI=1S/C24H28N2O3/c1-15(2)14-29-19-12-10-18(11-13-19)21-22(24(28)26(16(3)4)23(21)27)25-20-9-7-6-8-17(20)5/h6-13,15-16,25H,14H2,1-5H3. The third-order valence-corrected chi connectivity index (χ3v) is 4.76. The number of carbonyl (C=O) groups is 2. The van der Waals surface area contributed by atoms with Gasteiger partial charge in [-0.3, -0.25) is 14.5 Å². The lowest BCUT2D eigenvalue weighted by molar-refractivity contribution is -0.138. The van der Waals surface area contributed by atoms with Crippen molar-refractivity contribution in [1.29, 1.82) is 0 Å². The van der Waals surface area contributed by atoms with Crippen LogP contribution in [0.3, 0.4) is 0 Å². The SMILES string of the molecule is Cc1ccccc1NC1=C(c2ccc(OCC(C)C)cc2)C(=O)N(C(C)C)C1=O. The van der Waals surface area contributed by atoms with Gasteiger partial charge < -0.3 is 10.1 Å². The summed E-state index contributed by atoms with van der Waals surface area (Å²) in [5.41, 5.74) is 3.21. The first-order valence-electron chi connectivity index (χ1n) is 9.97. The lowest BCUT2D eigenvalue weighted by Gasteiger charge is -2.19. The van der Waals surface area contributed by atoms with Gasteiger partial charge in [-0.2, -0.15) is 0 Å². The molecule has 2 aromatic carbocycles. The largest absolute Gasteiger partial charge is 0.493 e. The monoisotopic (exact) mass is 392 g/mol. The molecule has 1 N–H and O–H groups in total. The van der Waals surface area contributed by atoms with Crippen LogP contribution in [0.2, 0.25) is 0 Å². The summed E-state index contributed by atoms with van der Waals surface area (Å²) in [5, 5.41) is 3.21. The second-order valence-electron chi connectivity index (χ2n) is 7.99. The molecule has 0 aromatic heterocycles. The molecule has 1 heterocycles. The summed E-state index contributed by atoms with van der Waals surface area (Å²) >= 11 is 0. The van der Waals surface area contributed by atoms with Gasteiger partial charge in [-0.25, -0.2) is 0 Å². The fraction of sp³-hybridized carbons (Fsp3) is 0.333. The molecule has 0 saturated heterocycles. The summed E-state index contributed by atoms with van der Waals surface area (Å²) in [5.74, 6) is 0.588. The first-order valence-corrected chi connectivity index (χ1v) is 9.97. The van der Waals surface area contributed by atoms with Crippen molar-refractivity contribution in [1.82, 2.24) is 4.90 Å². The number of para-hydroxylation sites is 1. The number of aryl methyl sites for hydroxylation is 1. The predicted molar refractivity (Wildman–Crippen MR) is 115 cm³/mol. The van der Waals surface area contributed by atoms with Crippen LogP contribution in [0.25, 0.3) is 5.57 Å². The average molecular weight is 392 g/mol. The zero-order valence-corrected chi connectivity index (χ0v) is 17.7. The minimum Gasteiger partial charge on any atom is -0.493 e. The highest BCUT2D eigenvalue weighted by atomic mass is 16.5. The molecule has 2 amide bonds. The highest BCUT2D eigenvalue weighted by molar-refractivity contribution is 6.36. The van der Waals surface area contributed by atoms with Crippen LogP contribution in [0.1, 0.15) is 38.8 Å². The van der Waals surface area contributed by atoms with Crippen LogP contribution in [-0.4, -0.2) is 29.4 Å². The molecule has 1 aliphatic heterocycles. The van der Waals surface area contributed by atoms with Crippen molar-refractivity contribution in [3.8, 4) is 5.75 Å². The van der Waals surface area contributed by atoms with Crippen molar-refractivity contribution in [2.45, 2.75) is 40.7 Å². The van der Waals surface area contributed by atoms with Crippen molar-refractivity contribution in [3.05, 3.63) is 65.4 Å². The minimum atomic E-state index is -0.302. The van der Waals surface area contributed by atoms with Gasteiger partial charge in [0.2, 0.25) is 0 Å². The molecule has 2 aromatic rings. The van der Waals surface area contributed by atoms with E-state index in [0.717, 1.165) is 17.0 Å². The Morgan fingerprint density at radius 3 is 2.17 bits per heavy atom. The maximum atomic E-state index is 13.1. The van der Waals surface area contributed by atoms with Crippen molar-refractivity contribution in [2.24, 2.45) is 5.92 Å². The zero-order valence-electron chi connectivity index (χ0n) is 17.7. The van der Waals surface area contributed by atoms with Gasteiger partial charge in [0.25, 0.3) is 11.8 Å². The fourth-order valence-electron chi connectivity index (χ4n) is 3.23. The van der Waals surface area contributed by atoms with Crippen LogP contribution in [-0.2, 0) is 9.59 Å². The van der Waals surface area contributed by atoms with E-state index in [9.17, 15) is 9.59 Å². The van der Waals surface area contributed by atoms with Crippen molar-refractivity contribution in [2.75, 3.05) is 11.9 Å². The Hall–Kier alpha value is -3.08. The van der Waals surface area contributed by atoms with E-state index in [1.54, 1.807) is 0 Å². The van der Waals surface area contributed by atoms with E-state index >= 15 is 0 Å². The molecule has 1 aliphatic rings. The first-order chi connectivity index (χ1) is 13.8. The van der Waals surface area contributed by atoms with Gasteiger partial charge in [-0.15, -0.1) is 0 Å². The number of carbonyl (C=O) groups excluding carboxylic acids is 2. The summed E-state index contributed by atoms with van der Waals surface area (Å²) in [7, 11) is 0. The third kappa shape index (κ3) is 4.34. The van der Waals surface area contributed by atoms with Crippen molar-refractivity contribution >= 4 is 23.1 Å². The Balaban J connectivity index is 2.00. The summed E-state index contributed by atoms with van der Waals surface area (Å²) in [4.78, 5) is 27.5. The minimum absolute atomic E-state index is 0.227. The van der Waals surface area contributed by atoms with E-state index in [1.807, 2.05) is 69.3 Å². The molecule has 3 rings (SSSR count). The molecule has 29 heavy (non-hydrogen) atoms. The van der Waals surface area contributed by atoms with E-state index in [2.05, 4.69) is 19.2 Å². The second-order valence-corrected chi connectivity index (χ2v) is 7.99. The Morgan fingerprint density at radius 1 is 0.931 bits per heavy atom. The number of hydrogen-bond donors (Lipinski definition) is 1. The lowest BCUT2D eigenvalue weighted by atomic mass is 10.0. The lowest BCUT2D eigenvalue weighted by Crippen LogP contribution is -2.38. The van der Waals surface area contributed by atoms with E-state index < -0.39 is 0 Å². The van der Waals surface area contributed by atoms with E-state index in [0.29, 0.717) is 29.4 Å². The van der Waals surface area contributed by atoms with Crippen LogP contribution >= 0.6 is 0 Å². The average Bonchev–Trinajstić information content (AvgIpc) is 2.92. The molecule has 0 aliphatic carbocycles. The summed E-state index contributed by atoms with van der Waals surface area (Å²) in [6.45, 7) is 10.4. The molecule has 0 radical (unpaired) electrons. The highest BCUT2D eigenvalue weighted by Crippen LogP contribution is 2.33. The molecule has 5 heteroatoms. The van der Waals surface area contributed by atoms with Gasteiger partial charge in [0, 0.05) is 11.7 Å². The Bertz CT molecular complexity index is 943. The highest BCUT2D eigenvalue weighted by Gasteiger charge is 2.40. The maximum absolute atomic E-state index is 13.1. The topological polar surface area (TPSA) is 58.6 Å². The number of anilines is 1. The van der Waals surface area contributed by atoms with Crippen molar-refractivity contribution < 1.29 is 14.3 Å². The molecule has 152 valence electrons. The van der Waals surface area contributed by atoms with Gasteiger partial charge in [-0.05, 0) is 56.0 Å². The third-order valence-electron chi connectivity index (χ3n) is 4.76. The van der Waals surface area contributed by atoms with E-state index in [1.165, 1.54) is 4.90 Å². The van der Waals surface area contributed by atoms with Gasteiger partial charge in [0.1, 0.15) is 11.4 Å². The Kier molecular flexibility index (Phi) is 6.06. The molecule has 0 bridgehead atoms. The summed E-state index contributed by atoms with van der Waals surface area (Å²) in [6.07, 6.45) is 0. The number of imide groups is 1. The fourth-order valence-corrected chi connectivity index (χ4v) is 3.23. The second kappa shape index (κ2) is 8.52. The van der Waals surface area contributed by atoms with Crippen LogP contribution < -0.4 is 10.1 Å². The number of amides is 2. The van der Waals surface area contributed by atoms with Crippen LogP contribution in [0.4, 0.5) is 5.69 Å². The summed E-state index contributed by atoms with van der Waals surface area (Å²) in [6, 6.07) is 14.8. The quantitative estimate of drug-likeness (QED) is 0.698. The predicted octanol–water partition coefficient (Wildman–Crippen LogP) is 4.63. The smallest absolute Gasteiger partial charge is 0.278 e. The molecule has 5 nitrogen and oxygen atoms in total. The van der Waals surface area contributed by atoms with Gasteiger partial charge in [0.05, 0.1) is 12.2 Å². The molecule has 0 atom stereocenters. The van der Waals surface area contributed by atoms with Crippen LogP contribution in [0.5, 0.6) is 5.75 Å². The molecule has 0 fully saturated rings. The van der Waals surface area contributed by atoms with Crippen LogP contribution in [0, 0.1) is 12.8 Å².